The van der Waals surface area contributed by atoms with Gasteiger partial charge in [-0.2, -0.15) is 0 Å². The Bertz CT molecular complexity index is 553. The van der Waals surface area contributed by atoms with Gasteiger partial charge in [0.05, 0.1) is 6.42 Å². The average molecular weight is 302 g/mol. The highest BCUT2D eigenvalue weighted by Crippen LogP contribution is 2.28. The molecule has 0 heterocycles. The van der Waals surface area contributed by atoms with E-state index in [4.69, 9.17) is 5.11 Å². The number of carboxylic acid groups (broad SMARTS) is 1. The first-order valence-electron chi connectivity index (χ1n) is 6.32. The molecule has 5 nitrogen and oxygen atoms in total. The van der Waals surface area contributed by atoms with Gasteiger partial charge in [0.2, 0.25) is 0 Å². The lowest BCUT2D eigenvalue weighted by molar-refractivity contribution is -0.137. The van der Waals surface area contributed by atoms with Crippen molar-refractivity contribution in [3.8, 4) is 0 Å². The molecular weight excluding hydrogens is 289 g/mol. The zero-order valence-electron chi connectivity index (χ0n) is 10.9. The predicted octanol–water partition coefficient (Wildman–Crippen LogP) is 2.57. The molecule has 21 heavy (non-hydrogen) atoms. The summed E-state index contributed by atoms with van der Waals surface area (Å²) in [5.74, 6) is -4.62. The summed E-state index contributed by atoms with van der Waals surface area (Å²) in [4.78, 5) is 23.8. The predicted molar refractivity (Wildman–Crippen MR) is 67.3 cm³/mol. The molecule has 2 amide bonds. The van der Waals surface area contributed by atoms with E-state index >= 15 is 0 Å². The van der Waals surface area contributed by atoms with Gasteiger partial charge in [-0.15, -0.1) is 0 Å². The summed E-state index contributed by atoms with van der Waals surface area (Å²) in [6.07, 6.45) is 1.15. The maximum Gasteiger partial charge on any atom is 0.322 e. The number of aliphatic carboxylic acids is 1. The van der Waals surface area contributed by atoms with Crippen LogP contribution in [0.25, 0.3) is 0 Å². The fraction of sp³-hybridized carbons (Fsp3) is 0.385. The molecule has 1 aromatic carbocycles. The highest BCUT2D eigenvalue weighted by molar-refractivity contribution is 5.90. The van der Waals surface area contributed by atoms with Gasteiger partial charge in [0.1, 0.15) is 11.5 Å². The maximum absolute atomic E-state index is 13.5. The van der Waals surface area contributed by atoms with Crippen molar-refractivity contribution in [3.63, 3.8) is 0 Å². The number of anilines is 1. The van der Waals surface area contributed by atoms with E-state index in [1.165, 1.54) is 4.90 Å². The summed E-state index contributed by atoms with van der Waals surface area (Å²) in [5.41, 5.74) is -0.748. The van der Waals surface area contributed by atoms with Crippen LogP contribution >= 0.6 is 0 Å². The van der Waals surface area contributed by atoms with E-state index in [2.05, 4.69) is 0 Å². The van der Waals surface area contributed by atoms with Gasteiger partial charge in [-0.3, -0.25) is 4.79 Å². The Balaban J connectivity index is 2.10. The number of benzene rings is 1. The van der Waals surface area contributed by atoms with E-state index in [0.29, 0.717) is 25.0 Å². The molecule has 2 rings (SSSR count). The van der Waals surface area contributed by atoms with Crippen LogP contribution in [0, 0.1) is 17.5 Å². The molecule has 0 spiro atoms. The number of carboxylic acids is 1. The highest BCUT2D eigenvalue weighted by Gasteiger charge is 2.33. The van der Waals surface area contributed by atoms with Gasteiger partial charge < -0.3 is 15.3 Å². The molecule has 0 atom stereocenters. The molecule has 0 radical (unpaired) electrons. The quantitative estimate of drug-likeness (QED) is 0.878. The van der Waals surface area contributed by atoms with Crippen LogP contribution in [0.2, 0.25) is 0 Å². The zero-order valence-corrected chi connectivity index (χ0v) is 10.9. The molecule has 2 N–H and O–H groups in total. The number of hydrogen-bond donors (Lipinski definition) is 2. The van der Waals surface area contributed by atoms with Crippen LogP contribution < -0.4 is 5.32 Å². The lowest BCUT2D eigenvalue weighted by atomic mass is 10.3. The minimum atomic E-state index is -1.23. The first kappa shape index (κ1) is 15.1. The molecule has 0 aliphatic heterocycles. The molecule has 8 heteroatoms. The van der Waals surface area contributed by atoms with Gasteiger partial charge in [-0.1, -0.05) is 0 Å². The third kappa shape index (κ3) is 3.87. The Morgan fingerprint density at radius 1 is 1.24 bits per heavy atom. The van der Waals surface area contributed by atoms with Gasteiger partial charge in [0.25, 0.3) is 0 Å². The molecule has 114 valence electrons. The lowest BCUT2D eigenvalue weighted by Crippen LogP contribution is -2.38. The van der Waals surface area contributed by atoms with Gasteiger partial charge in [-0.05, 0) is 12.8 Å². The van der Waals surface area contributed by atoms with Crippen molar-refractivity contribution in [2.45, 2.75) is 25.3 Å². The van der Waals surface area contributed by atoms with E-state index in [-0.39, 0.29) is 19.0 Å². The summed E-state index contributed by atoms with van der Waals surface area (Å²) in [6.45, 7) is -0.0593. The van der Waals surface area contributed by atoms with E-state index in [0.717, 1.165) is 0 Å². The van der Waals surface area contributed by atoms with Crippen LogP contribution in [0.4, 0.5) is 23.7 Å². The van der Waals surface area contributed by atoms with Crippen molar-refractivity contribution in [1.82, 2.24) is 4.90 Å². The van der Waals surface area contributed by atoms with Crippen LogP contribution in [0.3, 0.4) is 0 Å². The minimum absolute atomic E-state index is 0.0593. The van der Waals surface area contributed by atoms with Crippen LogP contribution in [0.15, 0.2) is 12.1 Å². The number of hydrogen-bond acceptors (Lipinski definition) is 2. The third-order valence-electron chi connectivity index (χ3n) is 3.05. The maximum atomic E-state index is 13.5. The van der Waals surface area contributed by atoms with Crippen molar-refractivity contribution in [2.75, 3.05) is 11.9 Å². The molecule has 1 aliphatic rings. The second-order valence-corrected chi connectivity index (χ2v) is 4.74. The molecular formula is C13H13F3N2O3. The van der Waals surface area contributed by atoms with Crippen molar-refractivity contribution in [1.29, 1.82) is 0 Å². The van der Waals surface area contributed by atoms with Gasteiger partial charge in [0, 0.05) is 24.7 Å². The molecule has 0 unspecified atom stereocenters. The number of nitrogens with one attached hydrogen (secondary N) is 1. The molecule has 1 aliphatic carbocycles. The Morgan fingerprint density at radius 2 is 1.81 bits per heavy atom. The topological polar surface area (TPSA) is 69.6 Å². The summed E-state index contributed by atoms with van der Waals surface area (Å²) >= 11 is 0. The van der Waals surface area contributed by atoms with Gasteiger partial charge >= 0.3 is 12.0 Å². The smallest absolute Gasteiger partial charge is 0.322 e. The van der Waals surface area contributed by atoms with Crippen molar-refractivity contribution in [3.05, 3.63) is 29.6 Å². The van der Waals surface area contributed by atoms with Crippen LogP contribution in [0.1, 0.15) is 19.3 Å². The van der Waals surface area contributed by atoms with Gasteiger partial charge in [-0.25, -0.2) is 18.0 Å². The Labute approximate surface area is 118 Å². The first-order chi connectivity index (χ1) is 9.88. The number of urea groups is 1. The standard InChI is InChI=1S/C13H13F3N2O3/c14-7-5-9(15)12(10(16)6-7)17-13(21)18(8-1-2-8)4-3-11(19)20/h5-6,8H,1-4H2,(H,17,21)(H,19,20). The number of rotatable bonds is 5. The summed E-state index contributed by atoms with van der Waals surface area (Å²) < 4.78 is 39.7. The normalized spacial score (nSPS) is 13.9. The second kappa shape index (κ2) is 6.02. The minimum Gasteiger partial charge on any atom is -0.481 e. The molecule has 1 saturated carbocycles. The van der Waals surface area contributed by atoms with Crippen LogP contribution in [-0.4, -0.2) is 34.6 Å². The zero-order chi connectivity index (χ0) is 15.6. The second-order valence-electron chi connectivity index (χ2n) is 4.74. The SMILES string of the molecule is O=C(O)CCN(C(=O)Nc1c(F)cc(F)cc1F)C1CC1. The monoisotopic (exact) mass is 302 g/mol. The lowest BCUT2D eigenvalue weighted by Gasteiger charge is -2.22. The highest BCUT2D eigenvalue weighted by atomic mass is 19.1. The molecule has 1 fully saturated rings. The first-order valence-corrected chi connectivity index (χ1v) is 6.32. The number of carbonyl (C=O) groups is 2. The number of nitrogens with zero attached hydrogens (tertiary/aromatic N) is 1. The van der Waals surface area contributed by atoms with E-state index in [9.17, 15) is 22.8 Å². The molecule has 0 saturated heterocycles. The molecule has 0 aromatic heterocycles. The van der Waals surface area contributed by atoms with Gasteiger partial charge in [0.15, 0.2) is 11.6 Å². The number of amides is 2. The van der Waals surface area contributed by atoms with Crippen LogP contribution in [0.5, 0.6) is 0 Å². The largest absolute Gasteiger partial charge is 0.481 e. The molecule has 1 aromatic rings. The Hall–Kier alpha value is -2.25. The summed E-state index contributed by atoms with van der Waals surface area (Å²) in [5, 5.41) is 10.7. The summed E-state index contributed by atoms with van der Waals surface area (Å²) in [6, 6.07) is -0.0199. The summed E-state index contributed by atoms with van der Waals surface area (Å²) in [7, 11) is 0. The van der Waals surface area contributed by atoms with E-state index < -0.39 is 35.1 Å². The van der Waals surface area contributed by atoms with E-state index in [1.807, 2.05) is 5.32 Å². The fourth-order valence-electron chi connectivity index (χ4n) is 1.89. The Morgan fingerprint density at radius 3 is 2.29 bits per heavy atom. The fourth-order valence-corrected chi connectivity index (χ4v) is 1.89. The number of carbonyl (C=O) groups excluding carboxylic acids is 1. The van der Waals surface area contributed by atoms with Crippen molar-refractivity contribution in [2.24, 2.45) is 0 Å². The van der Waals surface area contributed by atoms with E-state index in [1.54, 1.807) is 0 Å². The Kier molecular flexibility index (Phi) is 4.35. The van der Waals surface area contributed by atoms with Crippen LogP contribution in [-0.2, 0) is 4.79 Å². The molecule has 0 bridgehead atoms. The average Bonchev–Trinajstić information content (AvgIpc) is 3.18. The van der Waals surface area contributed by atoms with Crippen molar-refractivity contribution < 1.29 is 27.9 Å². The van der Waals surface area contributed by atoms with Crippen molar-refractivity contribution >= 4 is 17.7 Å². The number of halogens is 3. The third-order valence-corrected chi connectivity index (χ3v) is 3.05.